The zero-order chi connectivity index (χ0) is 13.0. The normalized spacial score (nSPS) is 19.6. The molecule has 1 aliphatic rings. The van der Waals surface area contributed by atoms with E-state index in [0.29, 0.717) is 10.8 Å². The van der Waals surface area contributed by atoms with Gasteiger partial charge in [0.1, 0.15) is 0 Å². The van der Waals surface area contributed by atoms with Gasteiger partial charge in [0.15, 0.2) is 0 Å². The van der Waals surface area contributed by atoms with E-state index in [1.54, 1.807) is 6.07 Å². The molecule has 1 N–H and O–H groups in total. The molecule has 2 amide bonds. The van der Waals surface area contributed by atoms with Gasteiger partial charge in [0.25, 0.3) is 5.91 Å². The topological polar surface area (TPSA) is 49.4 Å². The predicted molar refractivity (Wildman–Crippen MR) is 71.6 cm³/mol. The summed E-state index contributed by atoms with van der Waals surface area (Å²) in [5.41, 5.74) is 0. The molecule has 18 heavy (non-hydrogen) atoms. The minimum atomic E-state index is -0.164. The molecule has 2 rings (SSSR count). The Morgan fingerprint density at radius 3 is 3.06 bits per heavy atom. The maximum absolute atomic E-state index is 11.9. The number of carbonyl (C=O) groups is 2. The van der Waals surface area contributed by atoms with Crippen LogP contribution in [0, 0.1) is 5.92 Å². The highest BCUT2D eigenvalue weighted by Gasteiger charge is 2.21. The first-order chi connectivity index (χ1) is 8.66. The third-order valence-corrected chi connectivity index (χ3v) is 4.02. The van der Waals surface area contributed by atoms with Crippen molar-refractivity contribution in [2.24, 2.45) is 5.92 Å². The van der Waals surface area contributed by atoms with Gasteiger partial charge in [-0.3, -0.25) is 9.59 Å². The van der Waals surface area contributed by atoms with Gasteiger partial charge in [0.2, 0.25) is 5.91 Å². The van der Waals surface area contributed by atoms with Crippen LogP contribution in [-0.4, -0.2) is 36.3 Å². The van der Waals surface area contributed by atoms with Crippen molar-refractivity contribution in [2.75, 3.05) is 19.6 Å². The lowest BCUT2D eigenvalue weighted by molar-refractivity contribution is -0.131. The van der Waals surface area contributed by atoms with Crippen molar-refractivity contribution in [2.45, 2.75) is 19.8 Å². The molecule has 4 nitrogen and oxygen atoms in total. The number of nitrogens with one attached hydrogen (secondary N) is 1. The first kappa shape index (κ1) is 13.1. The lowest BCUT2D eigenvalue weighted by Gasteiger charge is -2.30. The van der Waals surface area contributed by atoms with Crippen molar-refractivity contribution in [1.29, 1.82) is 0 Å². The number of hydrogen-bond acceptors (Lipinski definition) is 3. The maximum Gasteiger partial charge on any atom is 0.261 e. The highest BCUT2D eigenvalue weighted by molar-refractivity contribution is 7.12. The number of amides is 2. The quantitative estimate of drug-likeness (QED) is 0.906. The predicted octanol–water partition coefficient (Wildman–Crippen LogP) is 1.74. The van der Waals surface area contributed by atoms with Crippen LogP contribution in [0.5, 0.6) is 0 Å². The standard InChI is InChI=1S/C13H18N2O2S/c1-10-4-2-6-15(9-10)12(16)8-14-13(17)11-5-3-7-18-11/h3,5,7,10H,2,4,6,8-9H2,1H3,(H,14,17)/t10-/m0/s1. The van der Waals surface area contributed by atoms with Gasteiger partial charge in [-0.15, -0.1) is 11.3 Å². The molecule has 5 heteroatoms. The third kappa shape index (κ3) is 3.32. The smallest absolute Gasteiger partial charge is 0.261 e. The Hall–Kier alpha value is -1.36. The Morgan fingerprint density at radius 1 is 1.56 bits per heavy atom. The molecule has 0 saturated carbocycles. The van der Waals surface area contributed by atoms with Gasteiger partial charge in [0, 0.05) is 13.1 Å². The summed E-state index contributed by atoms with van der Waals surface area (Å²) in [4.78, 5) is 26.1. The maximum atomic E-state index is 11.9. The average molecular weight is 266 g/mol. The zero-order valence-corrected chi connectivity index (χ0v) is 11.3. The van der Waals surface area contributed by atoms with E-state index >= 15 is 0 Å². The van der Waals surface area contributed by atoms with Crippen LogP contribution in [0.3, 0.4) is 0 Å². The van der Waals surface area contributed by atoms with Gasteiger partial charge in [-0.2, -0.15) is 0 Å². The van der Waals surface area contributed by atoms with Crippen LogP contribution < -0.4 is 5.32 Å². The Labute approximate surface area is 111 Å². The second kappa shape index (κ2) is 6.00. The summed E-state index contributed by atoms with van der Waals surface area (Å²) in [7, 11) is 0. The Balaban J connectivity index is 1.79. The lowest BCUT2D eigenvalue weighted by atomic mass is 10.0. The highest BCUT2D eigenvalue weighted by Crippen LogP contribution is 2.15. The monoisotopic (exact) mass is 266 g/mol. The first-order valence-electron chi connectivity index (χ1n) is 6.26. The van der Waals surface area contributed by atoms with Crippen LogP contribution in [-0.2, 0) is 4.79 Å². The van der Waals surface area contributed by atoms with Gasteiger partial charge in [-0.1, -0.05) is 13.0 Å². The van der Waals surface area contributed by atoms with E-state index in [0.717, 1.165) is 19.5 Å². The summed E-state index contributed by atoms with van der Waals surface area (Å²) < 4.78 is 0. The van der Waals surface area contributed by atoms with Gasteiger partial charge < -0.3 is 10.2 Å². The van der Waals surface area contributed by atoms with E-state index in [4.69, 9.17) is 0 Å². The van der Waals surface area contributed by atoms with Gasteiger partial charge in [-0.05, 0) is 30.2 Å². The first-order valence-corrected chi connectivity index (χ1v) is 7.14. The molecule has 1 aliphatic heterocycles. The van der Waals surface area contributed by atoms with E-state index in [9.17, 15) is 9.59 Å². The van der Waals surface area contributed by atoms with Crippen LogP contribution in [0.15, 0.2) is 17.5 Å². The number of piperidine rings is 1. The second-order valence-corrected chi connectivity index (χ2v) is 5.69. The lowest BCUT2D eigenvalue weighted by Crippen LogP contribution is -2.44. The SMILES string of the molecule is C[C@H]1CCCN(C(=O)CNC(=O)c2cccs2)C1. The van der Waals surface area contributed by atoms with Crippen LogP contribution in [0.2, 0.25) is 0 Å². The van der Waals surface area contributed by atoms with Crippen molar-refractivity contribution < 1.29 is 9.59 Å². The fraction of sp³-hybridized carbons (Fsp3) is 0.538. The number of hydrogen-bond donors (Lipinski definition) is 1. The molecule has 0 spiro atoms. The molecule has 1 aromatic heterocycles. The number of likely N-dealkylation sites (tertiary alicyclic amines) is 1. The van der Waals surface area contributed by atoms with E-state index in [2.05, 4.69) is 12.2 Å². The molecule has 1 atom stereocenters. The van der Waals surface area contributed by atoms with Crippen LogP contribution in [0.1, 0.15) is 29.4 Å². The summed E-state index contributed by atoms with van der Waals surface area (Å²) in [5, 5.41) is 4.53. The van der Waals surface area contributed by atoms with Crippen molar-refractivity contribution in [3.8, 4) is 0 Å². The molecule has 0 radical (unpaired) electrons. The van der Waals surface area contributed by atoms with Crippen LogP contribution in [0.25, 0.3) is 0 Å². The molecule has 98 valence electrons. The molecule has 0 aliphatic carbocycles. The fourth-order valence-corrected chi connectivity index (χ4v) is 2.82. The summed E-state index contributed by atoms with van der Waals surface area (Å²) >= 11 is 1.38. The Bertz CT molecular complexity index is 417. The number of nitrogens with zero attached hydrogens (tertiary/aromatic N) is 1. The van der Waals surface area contributed by atoms with Crippen LogP contribution >= 0.6 is 11.3 Å². The van der Waals surface area contributed by atoms with Gasteiger partial charge in [-0.25, -0.2) is 0 Å². The molecule has 0 unspecified atom stereocenters. The number of rotatable bonds is 3. The van der Waals surface area contributed by atoms with E-state index in [1.165, 1.54) is 17.8 Å². The zero-order valence-electron chi connectivity index (χ0n) is 10.5. The van der Waals surface area contributed by atoms with Crippen molar-refractivity contribution in [3.05, 3.63) is 22.4 Å². The van der Waals surface area contributed by atoms with Crippen LogP contribution in [0.4, 0.5) is 0 Å². The van der Waals surface area contributed by atoms with E-state index < -0.39 is 0 Å². The largest absolute Gasteiger partial charge is 0.342 e. The van der Waals surface area contributed by atoms with Gasteiger partial charge >= 0.3 is 0 Å². The molecule has 1 aromatic rings. The fourth-order valence-electron chi connectivity index (χ4n) is 2.18. The van der Waals surface area contributed by atoms with E-state index in [1.807, 2.05) is 16.3 Å². The third-order valence-electron chi connectivity index (χ3n) is 3.15. The van der Waals surface area contributed by atoms with Crippen molar-refractivity contribution >= 4 is 23.2 Å². The van der Waals surface area contributed by atoms with Crippen molar-refractivity contribution in [3.63, 3.8) is 0 Å². The minimum Gasteiger partial charge on any atom is -0.342 e. The summed E-state index contributed by atoms with van der Waals surface area (Å²) in [6, 6.07) is 3.58. The van der Waals surface area contributed by atoms with Gasteiger partial charge in [0.05, 0.1) is 11.4 Å². The molecule has 1 saturated heterocycles. The molecule has 0 aromatic carbocycles. The molecule has 2 heterocycles. The Morgan fingerprint density at radius 2 is 2.39 bits per heavy atom. The summed E-state index contributed by atoms with van der Waals surface area (Å²) in [6.07, 6.45) is 2.25. The second-order valence-electron chi connectivity index (χ2n) is 4.75. The minimum absolute atomic E-state index is 0.0199. The molecule has 1 fully saturated rings. The highest BCUT2D eigenvalue weighted by atomic mass is 32.1. The van der Waals surface area contributed by atoms with Crippen molar-refractivity contribution in [1.82, 2.24) is 10.2 Å². The summed E-state index contributed by atoms with van der Waals surface area (Å²) in [6.45, 7) is 3.89. The van der Waals surface area contributed by atoms with E-state index in [-0.39, 0.29) is 18.4 Å². The molecular formula is C13H18N2O2S. The summed E-state index contributed by atoms with van der Waals surface area (Å²) in [5.74, 6) is 0.422. The Kier molecular flexibility index (Phi) is 4.36. The molecular weight excluding hydrogens is 248 g/mol. The molecule has 0 bridgehead atoms. The number of thiophene rings is 1. The average Bonchev–Trinajstić information content (AvgIpc) is 2.89. The number of carbonyl (C=O) groups excluding carboxylic acids is 2.